The van der Waals surface area contributed by atoms with Crippen LogP contribution in [-0.2, 0) is 6.42 Å². The van der Waals surface area contributed by atoms with E-state index in [0.717, 1.165) is 0 Å². The Morgan fingerprint density at radius 2 is 2.10 bits per heavy atom. The highest BCUT2D eigenvalue weighted by Gasteiger charge is 2.09. The third-order valence-electron chi connectivity index (χ3n) is 2.51. The highest BCUT2D eigenvalue weighted by molar-refractivity contribution is 7.13. The average Bonchev–Trinajstić information content (AvgIpc) is 2.92. The minimum atomic E-state index is -0.973. The SMILES string of the molecule is O=C(NCCc1ccccc1C(=O)O)Nc1nncs1. The van der Waals surface area contributed by atoms with E-state index in [4.69, 9.17) is 5.11 Å². The molecule has 0 atom stereocenters. The lowest BCUT2D eigenvalue weighted by molar-refractivity contribution is 0.0695. The van der Waals surface area contributed by atoms with Gasteiger partial charge in [-0.05, 0) is 18.1 Å². The Bertz CT molecular complexity index is 601. The third kappa shape index (κ3) is 3.75. The Balaban J connectivity index is 1.84. The predicted octanol–water partition coefficient (Wildman–Crippen LogP) is 1.60. The van der Waals surface area contributed by atoms with Gasteiger partial charge in [0.05, 0.1) is 5.56 Å². The number of benzene rings is 1. The number of carbonyl (C=O) groups excluding carboxylic acids is 1. The molecule has 3 N–H and O–H groups in total. The van der Waals surface area contributed by atoms with E-state index in [1.807, 2.05) is 0 Å². The number of carbonyl (C=O) groups is 2. The number of aromatic nitrogens is 2. The van der Waals surface area contributed by atoms with Crippen LogP contribution < -0.4 is 10.6 Å². The summed E-state index contributed by atoms with van der Waals surface area (Å²) in [7, 11) is 0. The fourth-order valence-corrected chi connectivity index (χ4v) is 2.07. The Hall–Kier alpha value is -2.48. The van der Waals surface area contributed by atoms with Gasteiger partial charge in [0, 0.05) is 6.54 Å². The van der Waals surface area contributed by atoms with Gasteiger partial charge in [-0.25, -0.2) is 9.59 Å². The second-order valence-corrected chi connectivity index (χ2v) is 4.67. The third-order valence-corrected chi connectivity index (χ3v) is 3.11. The number of carboxylic acid groups (broad SMARTS) is 1. The molecule has 0 bridgehead atoms. The molecule has 104 valence electrons. The number of amides is 2. The topological polar surface area (TPSA) is 104 Å². The van der Waals surface area contributed by atoms with Crippen molar-refractivity contribution < 1.29 is 14.7 Å². The molecule has 20 heavy (non-hydrogen) atoms. The molecule has 2 amide bonds. The summed E-state index contributed by atoms with van der Waals surface area (Å²) in [4.78, 5) is 22.5. The Morgan fingerprint density at radius 1 is 1.30 bits per heavy atom. The summed E-state index contributed by atoms with van der Waals surface area (Å²) in [5.41, 5.74) is 2.44. The first-order valence-electron chi connectivity index (χ1n) is 5.79. The zero-order chi connectivity index (χ0) is 14.4. The van der Waals surface area contributed by atoms with E-state index < -0.39 is 12.0 Å². The molecular formula is C12H12N4O3S. The number of aromatic carboxylic acids is 1. The summed E-state index contributed by atoms with van der Waals surface area (Å²) in [5, 5.41) is 21.9. The van der Waals surface area contributed by atoms with Crippen molar-refractivity contribution in [2.45, 2.75) is 6.42 Å². The highest BCUT2D eigenvalue weighted by Crippen LogP contribution is 2.09. The van der Waals surface area contributed by atoms with Gasteiger partial charge >= 0.3 is 12.0 Å². The fourth-order valence-electron chi connectivity index (χ4n) is 1.63. The number of anilines is 1. The first-order valence-corrected chi connectivity index (χ1v) is 6.67. The molecule has 0 aliphatic rings. The summed E-state index contributed by atoms with van der Waals surface area (Å²) >= 11 is 1.22. The van der Waals surface area contributed by atoms with E-state index >= 15 is 0 Å². The van der Waals surface area contributed by atoms with Crippen molar-refractivity contribution in [1.29, 1.82) is 0 Å². The molecule has 0 fully saturated rings. The maximum atomic E-state index is 11.5. The van der Waals surface area contributed by atoms with E-state index in [9.17, 15) is 9.59 Å². The van der Waals surface area contributed by atoms with Crippen molar-refractivity contribution >= 4 is 28.5 Å². The molecule has 7 nitrogen and oxygen atoms in total. The number of nitrogens with one attached hydrogen (secondary N) is 2. The zero-order valence-electron chi connectivity index (χ0n) is 10.4. The van der Waals surface area contributed by atoms with Crippen LogP contribution in [0.15, 0.2) is 29.8 Å². The average molecular weight is 292 g/mol. The lowest BCUT2D eigenvalue weighted by Gasteiger charge is -2.07. The Kier molecular flexibility index (Phi) is 4.61. The second kappa shape index (κ2) is 6.62. The normalized spacial score (nSPS) is 10.0. The van der Waals surface area contributed by atoms with E-state index in [1.54, 1.807) is 24.3 Å². The molecule has 1 heterocycles. The minimum absolute atomic E-state index is 0.249. The molecule has 0 aliphatic heterocycles. The van der Waals surface area contributed by atoms with Crippen LogP contribution in [0.1, 0.15) is 15.9 Å². The van der Waals surface area contributed by atoms with Crippen molar-refractivity contribution in [3.8, 4) is 0 Å². The minimum Gasteiger partial charge on any atom is -0.478 e. The van der Waals surface area contributed by atoms with Crippen LogP contribution in [0, 0.1) is 0 Å². The van der Waals surface area contributed by atoms with E-state index in [-0.39, 0.29) is 5.56 Å². The number of urea groups is 1. The number of carboxylic acids is 1. The van der Waals surface area contributed by atoms with Gasteiger partial charge in [0.25, 0.3) is 0 Å². The fraction of sp³-hybridized carbons (Fsp3) is 0.167. The van der Waals surface area contributed by atoms with Crippen molar-refractivity contribution in [2.24, 2.45) is 0 Å². The molecule has 1 aromatic heterocycles. The van der Waals surface area contributed by atoms with Gasteiger partial charge in [-0.2, -0.15) is 0 Å². The van der Waals surface area contributed by atoms with Crippen molar-refractivity contribution in [1.82, 2.24) is 15.5 Å². The monoisotopic (exact) mass is 292 g/mol. The molecule has 0 unspecified atom stereocenters. The van der Waals surface area contributed by atoms with Gasteiger partial charge in [-0.3, -0.25) is 5.32 Å². The quantitative estimate of drug-likeness (QED) is 0.776. The molecule has 0 saturated heterocycles. The van der Waals surface area contributed by atoms with Crippen molar-refractivity contribution in [2.75, 3.05) is 11.9 Å². The van der Waals surface area contributed by atoms with Crippen LogP contribution in [0.2, 0.25) is 0 Å². The van der Waals surface area contributed by atoms with Crippen LogP contribution in [-0.4, -0.2) is 33.8 Å². The molecule has 0 saturated carbocycles. The number of hydrogen-bond donors (Lipinski definition) is 3. The van der Waals surface area contributed by atoms with Crippen LogP contribution >= 0.6 is 11.3 Å². The lowest BCUT2D eigenvalue weighted by atomic mass is 10.0. The first-order chi connectivity index (χ1) is 9.66. The van der Waals surface area contributed by atoms with Crippen LogP contribution in [0.4, 0.5) is 9.93 Å². The molecule has 0 spiro atoms. The first kappa shape index (κ1) is 13.9. The van der Waals surface area contributed by atoms with Crippen molar-refractivity contribution in [3.05, 3.63) is 40.9 Å². The molecule has 1 aromatic carbocycles. The van der Waals surface area contributed by atoms with Crippen molar-refractivity contribution in [3.63, 3.8) is 0 Å². The lowest BCUT2D eigenvalue weighted by Crippen LogP contribution is -2.30. The van der Waals surface area contributed by atoms with Crippen LogP contribution in [0.25, 0.3) is 0 Å². The maximum absolute atomic E-state index is 11.5. The Labute approximate surface area is 118 Å². The Morgan fingerprint density at radius 3 is 2.80 bits per heavy atom. The summed E-state index contributed by atoms with van der Waals surface area (Å²) in [5.74, 6) is -0.973. The molecular weight excluding hydrogens is 280 g/mol. The van der Waals surface area contributed by atoms with Gasteiger partial charge in [0.2, 0.25) is 5.13 Å². The number of hydrogen-bond acceptors (Lipinski definition) is 5. The smallest absolute Gasteiger partial charge is 0.335 e. The summed E-state index contributed by atoms with van der Waals surface area (Å²) in [6, 6.07) is 6.31. The van der Waals surface area contributed by atoms with E-state index in [2.05, 4.69) is 20.8 Å². The second-order valence-electron chi connectivity index (χ2n) is 3.84. The zero-order valence-corrected chi connectivity index (χ0v) is 11.2. The van der Waals surface area contributed by atoms with Gasteiger partial charge < -0.3 is 10.4 Å². The van der Waals surface area contributed by atoms with Gasteiger partial charge in [0.1, 0.15) is 5.51 Å². The van der Waals surface area contributed by atoms with E-state index in [0.29, 0.717) is 23.7 Å². The standard InChI is InChI=1S/C12H12N4O3S/c17-10(18)9-4-2-1-3-8(9)5-6-13-11(19)15-12-16-14-7-20-12/h1-4,7H,5-6H2,(H,17,18)(H2,13,15,16,19). The van der Waals surface area contributed by atoms with Crippen LogP contribution in [0.3, 0.4) is 0 Å². The maximum Gasteiger partial charge on any atom is 0.335 e. The van der Waals surface area contributed by atoms with Gasteiger partial charge in [-0.1, -0.05) is 29.5 Å². The summed E-state index contributed by atoms with van der Waals surface area (Å²) in [6.07, 6.45) is 0.437. The molecule has 2 rings (SSSR count). The molecule has 8 heteroatoms. The molecule has 0 radical (unpaired) electrons. The highest BCUT2D eigenvalue weighted by atomic mass is 32.1. The van der Waals surface area contributed by atoms with E-state index in [1.165, 1.54) is 16.8 Å². The predicted molar refractivity (Wildman–Crippen MR) is 74.0 cm³/mol. The number of nitrogens with zero attached hydrogens (tertiary/aromatic N) is 2. The largest absolute Gasteiger partial charge is 0.478 e. The summed E-state index contributed by atoms with van der Waals surface area (Å²) in [6.45, 7) is 0.328. The van der Waals surface area contributed by atoms with Crippen LogP contribution in [0.5, 0.6) is 0 Å². The number of rotatable bonds is 5. The van der Waals surface area contributed by atoms with Gasteiger partial charge in [-0.15, -0.1) is 10.2 Å². The summed E-state index contributed by atoms with van der Waals surface area (Å²) < 4.78 is 0. The van der Waals surface area contributed by atoms with Gasteiger partial charge in [0.15, 0.2) is 0 Å². The molecule has 2 aromatic rings. The molecule has 0 aliphatic carbocycles.